The van der Waals surface area contributed by atoms with Crippen LogP contribution in [0.15, 0.2) is 73.1 Å². The smallest absolute Gasteiger partial charge is 0.270 e. The van der Waals surface area contributed by atoms with Gasteiger partial charge in [0.2, 0.25) is 11.9 Å². The van der Waals surface area contributed by atoms with Crippen molar-refractivity contribution in [3.63, 3.8) is 0 Å². The molecular weight excluding hydrogens is 689 g/mol. The average Bonchev–Trinajstić information content (AvgIpc) is 3.64. The van der Waals surface area contributed by atoms with Crippen LogP contribution in [0.1, 0.15) is 54.0 Å². The summed E-state index contributed by atoms with van der Waals surface area (Å²) in [5.74, 6) is -1.87. The lowest BCUT2D eigenvalue weighted by Crippen LogP contribution is -2.56. The first-order chi connectivity index (χ1) is 23.2. The number of pyridine rings is 1. The molecule has 15 heteroatoms. The molecule has 1 aliphatic heterocycles. The molecule has 252 valence electrons. The lowest BCUT2D eigenvalue weighted by Gasteiger charge is -2.28. The summed E-state index contributed by atoms with van der Waals surface area (Å²) in [7, 11) is -3.83. The first-order valence-electron chi connectivity index (χ1n) is 15.3. The van der Waals surface area contributed by atoms with Gasteiger partial charge in [0.25, 0.3) is 11.8 Å². The number of anilines is 2. The third-order valence-electron chi connectivity index (χ3n) is 9.05. The van der Waals surface area contributed by atoms with Crippen molar-refractivity contribution in [1.29, 1.82) is 5.26 Å². The van der Waals surface area contributed by atoms with Crippen LogP contribution in [-0.4, -0.2) is 58.2 Å². The van der Waals surface area contributed by atoms with Gasteiger partial charge in [0.05, 0.1) is 40.0 Å². The van der Waals surface area contributed by atoms with Crippen molar-refractivity contribution in [2.45, 2.75) is 55.5 Å². The summed E-state index contributed by atoms with van der Waals surface area (Å²) in [4.78, 5) is 52.5. The zero-order valence-electron chi connectivity index (χ0n) is 26.6. The van der Waals surface area contributed by atoms with Crippen molar-refractivity contribution in [2.75, 3.05) is 11.2 Å². The van der Waals surface area contributed by atoms with Crippen molar-refractivity contribution in [3.8, 4) is 6.07 Å². The van der Waals surface area contributed by atoms with E-state index in [4.69, 9.17) is 23.2 Å². The summed E-state index contributed by atoms with van der Waals surface area (Å²) in [5.41, 5.74) is -0.228. The van der Waals surface area contributed by atoms with E-state index in [1.807, 2.05) is 0 Å². The number of nitrogens with one attached hydrogen (secondary N) is 2. The Morgan fingerprint density at radius 2 is 1.73 bits per heavy atom. The summed E-state index contributed by atoms with van der Waals surface area (Å²) in [6.07, 6.45) is 5.15. The topological polar surface area (TPSA) is 167 Å². The number of aromatic nitrogens is 3. The Bertz CT molecular complexity index is 2110. The molecule has 0 spiro atoms. The number of imidazole rings is 1. The number of halogens is 2. The van der Waals surface area contributed by atoms with Crippen LogP contribution in [0.3, 0.4) is 0 Å². The molecule has 2 aliphatic rings. The standard InChI is InChI=1S/C34H31Cl2N7O5S/c1-20(49(3,47)48)28(30(45)41-34(11-12-34)27-6-4-5-13-38-27)40-29(44)26-19-39-32-42(25-15-23(35)14-24(36)16-25)31(46)33(2,43(26)32)17-21-7-9-22(18-37)10-8-21/h4-10,13-16,19-20,28H,11-12,17H2,1-3H3,(H,40,44)(H,41,45)/t20?,28-,33-/m1/s1. The van der Waals surface area contributed by atoms with Gasteiger partial charge in [-0.15, -0.1) is 0 Å². The van der Waals surface area contributed by atoms with E-state index in [2.05, 4.69) is 26.7 Å². The SMILES string of the molecule is CC([C@@H](NC(=O)c1cnc2n1[C@](C)(Cc1ccc(C#N)cc1)C(=O)N2c1cc(Cl)cc(Cl)c1)C(=O)NC1(c2ccccn2)CC1)S(C)(=O)=O. The maximum absolute atomic E-state index is 14.4. The number of hydrogen-bond acceptors (Lipinski definition) is 8. The number of sulfone groups is 1. The second kappa shape index (κ2) is 12.6. The fourth-order valence-electron chi connectivity index (χ4n) is 6.11. The van der Waals surface area contributed by atoms with Crippen LogP contribution < -0.4 is 15.5 Å². The van der Waals surface area contributed by atoms with Gasteiger partial charge in [-0.1, -0.05) is 41.4 Å². The summed E-state index contributed by atoms with van der Waals surface area (Å²) in [6, 6.07) is 17.2. The lowest BCUT2D eigenvalue weighted by atomic mass is 9.91. The van der Waals surface area contributed by atoms with E-state index in [1.54, 1.807) is 67.7 Å². The minimum atomic E-state index is -3.83. The first-order valence-corrected chi connectivity index (χ1v) is 18.0. The molecule has 2 N–H and O–H groups in total. The molecule has 0 saturated heterocycles. The largest absolute Gasteiger partial charge is 0.343 e. The Hall–Kier alpha value is -4.77. The number of benzene rings is 2. The molecule has 3 atom stereocenters. The van der Waals surface area contributed by atoms with Crippen molar-refractivity contribution in [3.05, 3.63) is 106 Å². The van der Waals surface area contributed by atoms with Gasteiger partial charge in [0, 0.05) is 28.9 Å². The first kappa shape index (κ1) is 34.1. The number of carbonyl (C=O) groups is 3. The van der Waals surface area contributed by atoms with E-state index in [0.29, 0.717) is 35.3 Å². The van der Waals surface area contributed by atoms with Crippen LogP contribution in [0.25, 0.3) is 0 Å². The van der Waals surface area contributed by atoms with E-state index >= 15 is 0 Å². The van der Waals surface area contributed by atoms with E-state index in [1.165, 1.54) is 28.7 Å². The molecule has 3 amide bonds. The normalized spacial score (nSPS) is 19.0. The predicted molar refractivity (Wildman–Crippen MR) is 183 cm³/mol. The van der Waals surface area contributed by atoms with Gasteiger partial charge < -0.3 is 10.6 Å². The van der Waals surface area contributed by atoms with E-state index in [9.17, 15) is 28.1 Å². The van der Waals surface area contributed by atoms with Gasteiger partial charge in [0.15, 0.2) is 9.84 Å². The number of rotatable bonds is 10. The molecule has 49 heavy (non-hydrogen) atoms. The number of nitrogens with zero attached hydrogens (tertiary/aromatic N) is 5. The van der Waals surface area contributed by atoms with Crippen LogP contribution in [0.4, 0.5) is 11.6 Å². The van der Waals surface area contributed by atoms with Crippen LogP contribution in [-0.2, 0) is 36.9 Å². The number of amides is 3. The van der Waals surface area contributed by atoms with Crippen LogP contribution in [0.2, 0.25) is 10.0 Å². The third kappa shape index (κ3) is 6.39. The molecule has 0 bridgehead atoms. The number of nitriles is 1. The Kier molecular flexibility index (Phi) is 8.77. The summed E-state index contributed by atoms with van der Waals surface area (Å²) in [5, 5.41) is 14.1. The molecule has 1 fully saturated rings. The summed E-state index contributed by atoms with van der Waals surface area (Å²) >= 11 is 12.6. The molecule has 2 aromatic heterocycles. The van der Waals surface area contributed by atoms with Crippen LogP contribution >= 0.6 is 23.2 Å². The highest BCUT2D eigenvalue weighted by molar-refractivity contribution is 7.91. The van der Waals surface area contributed by atoms with E-state index < -0.39 is 49.9 Å². The highest BCUT2D eigenvalue weighted by atomic mass is 35.5. The molecule has 4 aromatic rings. The highest BCUT2D eigenvalue weighted by Gasteiger charge is 2.52. The minimum absolute atomic E-state index is 0.0838. The predicted octanol–water partition coefficient (Wildman–Crippen LogP) is 4.43. The van der Waals surface area contributed by atoms with Crippen molar-refractivity contribution in [1.82, 2.24) is 25.2 Å². The molecule has 1 aliphatic carbocycles. The molecule has 12 nitrogen and oxygen atoms in total. The maximum Gasteiger partial charge on any atom is 0.270 e. The second-order valence-electron chi connectivity index (χ2n) is 12.6. The molecular formula is C34H31Cl2N7O5S. The van der Waals surface area contributed by atoms with E-state index in [0.717, 1.165) is 6.26 Å². The van der Waals surface area contributed by atoms with E-state index in [-0.39, 0.29) is 28.1 Å². The third-order valence-corrected chi connectivity index (χ3v) is 11.1. The zero-order chi connectivity index (χ0) is 35.3. The molecule has 3 heterocycles. The van der Waals surface area contributed by atoms with Gasteiger partial charge in [-0.25, -0.2) is 18.3 Å². The maximum atomic E-state index is 14.4. The zero-order valence-corrected chi connectivity index (χ0v) is 29.0. The Labute approximate surface area is 293 Å². The van der Waals surface area contributed by atoms with Gasteiger partial charge in [-0.05, 0) is 74.7 Å². The molecule has 1 saturated carbocycles. The Morgan fingerprint density at radius 3 is 2.31 bits per heavy atom. The van der Waals surface area contributed by atoms with Crippen LogP contribution in [0, 0.1) is 11.3 Å². The van der Waals surface area contributed by atoms with Gasteiger partial charge >= 0.3 is 0 Å². The van der Waals surface area contributed by atoms with Crippen LogP contribution in [0.5, 0.6) is 0 Å². The Balaban J connectivity index is 1.39. The number of fused-ring (bicyclic) bond motifs is 1. The lowest BCUT2D eigenvalue weighted by molar-refractivity contribution is -0.124. The minimum Gasteiger partial charge on any atom is -0.343 e. The molecule has 1 unspecified atom stereocenters. The van der Waals surface area contributed by atoms with Crippen molar-refractivity contribution < 1.29 is 22.8 Å². The summed E-state index contributed by atoms with van der Waals surface area (Å²) in [6.45, 7) is 3.00. The second-order valence-corrected chi connectivity index (χ2v) is 15.9. The van der Waals surface area contributed by atoms with Crippen molar-refractivity contribution in [2.24, 2.45) is 0 Å². The molecule has 2 aromatic carbocycles. The van der Waals surface area contributed by atoms with Gasteiger partial charge in [-0.2, -0.15) is 5.26 Å². The fourth-order valence-corrected chi connectivity index (χ4v) is 7.31. The van der Waals surface area contributed by atoms with Crippen molar-refractivity contribution >= 4 is 62.4 Å². The fraction of sp³-hybridized carbons (Fsp3) is 0.294. The molecule has 6 rings (SSSR count). The monoisotopic (exact) mass is 719 g/mol. The summed E-state index contributed by atoms with van der Waals surface area (Å²) < 4.78 is 27.0. The average molecular weight is 721 g/mol. The quantitative estimate of drug-likeness (QED) is 0.243. The number of carbonyl (C=O) groups excluding carboxylic acids is 3. The van der Waals surface area contributed by atoms with Gasteiger partial charge in [0.1, 0.15) is 17.3 Å². The highest BCUT2D eigenvalue weighted by Crippen LogP contribution is 2.45. The molecule has 0 radical (unpaired) electrons. The Morgan fingerprint density at radius 1 is 1.06 bits per heavy atom. The van der Waals surface area contributed by atoms with Gasteiger partial charge in [-0.3, -0.25) is 23.9 Å². The number of hydrogen-bond donors (Lipinski definition) is 2.